The van der Waals surface area contributed by atoms with E-state index in [4.69, 9.17) is 19.0 Å². The number of aromatic nitrogens is 2. The second-order valence-corrected chi connectivity index (χ2v) is 15.6. The molecule has 4 unspecified atom stereocenters. The van der Waals surface area contributed by atoms with Gasteiger partial charge < -0.3 is 19.0 Å². The normalized spacial score (nSPS) is 25.8. The highest BCUT2D eigenvalue weighted by Gasteiger charge is 2.54. The smallest absolute Gasteiger partial charge is 0.444 e. The van der Waals surface area contributed by atoms with Crippen molar-refractivity contribution in [3.05, 3.63) is 59.5 Å². The number of aromatic amines is 1. The molecule has 1 amide bonds. The summed E-state index contributed by atoms with van der Waals surface area (Å²) in [6.45, 7) is 17.1. The first-order chi connectivity index (χ1) is 21.7. The number of amides is 1. The molecule has 246 valence electrons. The van der Waals surface area contributed by atoms with Gasteiger partial charge in [-0.05, 0) is 125 Å². The molecule has 2 bridgehead atoms. The van der Waals surface area contributed by atoms with Crippen molar-refractivity contribution in [3.63, 3.8) is 0 Å². The van der Waals surface area contributed by atoms with Crippen LogP contribution in [0.1, 0.15) is 116 Å². The molecule has 0 radical (unpaired) electrons. The number of rotatable bonds is 4. The maximum absolute atomic E-state index is 13.0. The Kier molecular flexibility index (Phi) is 8.92. The van der Waals surface area contributed by atoms with Crippen LogP contribution in [0.5, 0.6) is 0 Å². The number of nitrogens with one attached hydrogen (secondary N) is 1. The van der Waals surface area contributed by atoms with Gasteiger partial charge in [-0.2, -0.15) is 0 Å². The first kappa shape index (κ1) is 33.5. The van der Waals surface area contributed by atoms with Crippen LogP contribution in [0.15, 0.2) is 42.6 Å². The van der Waals surface area contributed by atoms with Crippen molar-refractivity contribution in [3.8, 4) is 22.4 Å². The van der Waals surface area contributed by atoms with Crippen LogP contribution in [0, 0.1) is 5.92 Å². The maximum Gasteiger partial charge on any atom is 0.495 e. The molecule has 0 spiro atoms. The Balaban J connectivity index is 0.00000182. The van der Waals surface area contributed by atoms with E-state index in [0.717, 1.165) is 23.5 Å². The van der Waals surface area contributed by atoms with E-state index in [1.165, 1.54) is 47.0 Å². The summed E-state index contributed by atoms with van der Waals surface area (Å²) in [6, 6.07) is 13.2. The fourth-order valence-corrected chi connectivity index (χ4v) is 7.79. The summed E-state index contributed by atoms with van der Waals surface area (Å²) in [5, 5.41) is 0. The lowest BCUT2D eigenvalue weighted by Gasteiger charge is -2.32. The SMILES string of the molecule is CC1CC(c2ncc(-c3ccc(-c4ccc(B5OC(C)(C)C(C)(C)O5)c5c4C4CCC5C4)cc3)[nH]2)N(C(=O)OC(C)(C)C)C1.SS. The monoisotopic (exact) mass is 661 g/mol. The van der Waals surface area contributed by atoms with Crippen molar-refractivity contribution in [2.24, 2.45) is 5.92 Å². The first-order valence-corrected chi connectivity index (χ1v) is 18.2. The van der Waals surface area contributed by atoms with Crippen LogP contribution in [0.25, 0.3) is 22.4 Å². The maximum atomic E-state index is 13.0. The van der Waals surface area contributed by atoms with Gasteiger partial charge in [-0.3, -0.25) is 4.90 Å². The predicted octanol–water partition coefficient (Wildman–Crippen LogP) is 8.49. The molecule has 2 saturated heterocycles. The lowest BCUT2D eigenvalue weighted by molar-refractivity contribution is 0.00578. The molecule has 7 rings (SSSR count). The van der Waals surface area contributed by atoms with Gasteiger partial charge in [0.05, 0.1) is 29.1 Å². The minimum absolute atomic E-state index is 0.117. The van der Waals surface area contributed by atoms with Crippen molar-refractivity contribution >= 4 is 42.0 Å². The predicted molar refractivity (Wildman–Crippen MR) is 192 cm³/mol. The summed E-state index contributed by atoms with van der Waals surface area (Å²) in [5.41, 5.74) is 7.55. The number of hydrogen-bond donors (Lipinski definition) is 3. The Labute approximate surface area is 284 Å². The molecule has 1 aromatic heterocycles. The van der Waals surface area contributed by atoms with Crippen molar-refractivity contribution in [1.82, 2.24) is 14.9 Å². The Hall–Kier alpha value is -2.40. The first-order valence-electron chi connectivity index (χ1n) is 16.6. The molecule has 10 heteroatoms. The van der Waals surface area contributed by atoms with E-state index in [2.05, 4.69) is 99.3 Å². The van der Waals surface area contributed by atoms with E-state index in [1.54, 1.807) is 0 Å². The summed E-state index contributed by atoms with van der Waals surface area (Å²) in [7, 11) is -0.326. The zero-order chi connectivity index (χ0) is 33.2. The quantitative estimate of drug-likeness (QED) is 0.149. The number of carbonyl (C=O) groups excluding carboxylic acids is 1. The molecular weight excluding hydrogens is 613 g/mol. The molecule has 2 aliphatic carbocycles. The molecule has 1 saturated carbocycles. The van der Waals surface area contributed by atoms with Crippen LogP contribution in [0.3, 0.4) is 0 Å². The molecule has 2 aromatic carbocycles. The average molecular weight is 662 g/mol. The van der Waals surface area contributed by atoms with Gasteiger partial charge in [-0.15, -0.1) is 23.3 Å². The number of nitrogens with zero attached hydrogens (tertiary/aromatic N) is 2. The minimum Gasteiger partial charge on any atom is -0.444 e. The Morgan fingerprint density at radius 1 is 0.957 bits per heavy atom. The lowest BCUT2D eigenvalue weighted by Crippen LogP contribution is -2.41. The van der Waals surface area contributed by atoms with E-state index in [1.807, 2.05) is 31.9 Å². The van der Waals surface area contributed by atoms with Crippen molar-refractivity contribution in [1.29, 1.82) is 0 Å². The number of carbonyl (C=O) groups is 1. The number of hydrogen-bond acceptors (Lipinski definition) is 7. The van der Waals surface area contributed by atoms with E-state index in [9.17, 15) is 4.79 Å². The summed E-state index contributed by atoms with van der Waals surface area (Å²) in [6.07, 6.45) is 6.21. The Morgan fingerprint density at radius 3 is 2.20 bits per heavy atom. The summed E-state index contributed by atoms with van der Waals surface area (Å²) >= 11 is 6.44. The van der Waals surface area contributed by atoms with Crippen LogP contribution < -0.4 is 5.46 Å². The molecule has 3 fully saturated rings. The van der Waals surface area contributed by atoms with E-state index in [0.29, 0.717) is 24.3 Å². The number of fused-ring (bicyclic) bond motifs is 5. The third kappa shape index (κ3) is 6.04. The molecule has 46 heavy (non-hydrogen) atoms. The highest BCUT2D eigenvalue weighted by molar-refractivity contribution is 8.59. The van der Waals surface area contributed by atoms with Crippen molar-refractivity contribution in [2.75, 3.05) is 6.54 Å². The average Bonchev–Trinajstić information content (AvgIpc) is 3.82. The molecule has 1 N–H and O–H groups in total. The topological polar surface area (TPSA) is 76.7 Å². The molecule has 4 atom stereocenters. The molecule has 3 heterocycles. The van der Waals surface area contributed by atoms with Gasteiger partial charge in [0.2, 0.25) is 0 Å². The van der Waals surface area contributed by atoms with Gasteiger partial charge in [0, 0.05) is 6.54 Å². The zero-order valence-electron chi connectivity index (χ0n) is 28.4. The largest absolute Gasteiger partial charge is 0.495 e. The standard InChI is InChI=1S/C36H46BN3O4.H2S2/c1-21-17-29(40(20-21)33(41)42-34(2,3)4)32-38-19-28(39-32)23-11-9-22(10-12-23)26-15-16-27(31-25-14-13-24(18-25)30(26)31)37-43-35(5,6)36(7,8)44-37;1-2/h9-12,15-16,19,21,24-25,29H,13-14,17-18,20H2,1-8H3,(H,38,39);1-2H. The number of ether oxygens (including phenoxy) is 1. The van der Waals surface area contributed by atoms with Crippen LogP contribution in [-0.4, -0.2) is 51.4 Å². The number of thiol groups is 2. The highest BCUT2D eigenvalue weighted by atomic mass is 33.1. The summed E-state index contributed by atoms with van der Waals surface area (Å²) < 4.78 is 18.7. The van der Waals surface area contributed by atoms with E-state index >= 15 is 0 Å². The molecule has 3 aromatic rings. The van der Waals surface area contributed by atoms with Crippen LogP contribution in [-0.2, 0) is 14.0 Å². The van der Waals surface area contributed by atoms with Crippen molar-refractivity contribution < 1.29 is 18.8 Å². The third-order valence-electron chi connectivity index (χ3n) is 10.6. The number of imidazole rings is 1. The van der Waals surface area contributed by atoms with Crippen molar-refractivity contribution in [2.45, 2.75) is 116 Å². The van der Waals surface area contributed by atoms with Gasteiger partial charge in [0.25, 0.3) is 0 Å². The molecule has 4 aliphatic rings. The third-order valence-corrected chi connectivity index (χ3v) is 10.6. The Bertz CT molecular complexity index is 1580. The van der Waals surface area contributed by atoms with Gasteiger partial charge >= 0.3 is 13.2 Å². The van der Waals surface area contributed by atoms with E-state index < -0.39 is 5.60 Å². The number of likely N-dealkylation sites (tertiary alicyclic amines) is 1. The molecule has 2 aliphatic heterocycles. The second-order valence-electron chi connectivity index (χ2n) is 15.6. The van der Waals surface area contributed by atoms with E-state index in [-0.39, 0.29) is 30.5 Å². The van der Waals surface area contributed by atoms with Gasteiger partial charge in [-0.1, -0.05) is 43.3 Å². The van der Waals surface area contributed by atoms with Crippen LogP contribution in [0.4, 0.5) is 4.79 Å². The lowest BCUT2D eigenvalue weighted by atomic mass is 9.70. The highest BCUT2D eigenvalue weighted by Crippen LogP contribution is 2.55. The van der Waals surface area contributed by atoms with Gasteiger partial charge in [0.1, 0.15) is 11.4 Å². The van der Waals surface area contributed by atoms with Crippen LogP contribution in [0.2, 0.25) is 0 Å². The Morgan fingerprint density at radius 2 is 1.57 bits per heavy atom. The fraction of sp³-hybridized carbons (Fsp3) is 0.556. The fourth-order valence-electron chi connectivity index (χ4n) is 7.79. The zero-order valence-corrected chi connectivity index (χ0v) is 30.2. The molecule has 7 nitrogen and oxygen atoms in total. The summed E-state index contributed by atoms with van der Waals surface area (Å²) in [5.74, 6) is 2.38. The number of H-pyrrole nitrogens is 1. The number of benzene rings is 2. The summed E-state index contributed by atoms with van der Waals surface area (Å²) in [4.78, 5) is 23.0. The molecular formula is C36H48BN3O4S2. The second kappa shape index (κ2) is 12.2. The van der Waals surface area contributed by atoms with Crippen LogP contribution >= 0.6 is 23.3 Å². The van der Waals surface area contributed by atoms with Gasteiger partial charge in [0.15, 0.2) is 0 Å². The van der Waals surface area contributed by atoms with Gasteiger partial charge in [-0.25, -0.2) is 9.78 Å². The minimum atomic E-state index is -0.532.